The lowest BCUT2D eigenvalue weighted by Crippen LogP contribution is -2.42. The normalized spacial score (nSPS) is 14.3. The molecule has 1 aliphatic heterocycles. The van der Waals surface area contributed by atoms with E-state index < -0.39 is 0 Å². The molecular formula is C20H24BrN3O2. The van der Waals surface area contributed by atoms with E-state index in [1.807, 2.05) is 49.3 Å². The van der Waals surface area contributed by atoms with Crippen LogP contribution in [0, 0.1) is 0 Å². The molecule has 138 valence electrons. The molecule has 2 aromatic carbocycles. The van der Waals surface area contributed by atoms with Crippen molar-refractivity contribution < 1.29 is 9.53 Å². The number of carbonyl (C=O) groups excluding carboxylic acids is 1. The first-order valence-corrected chi connectivity index (χ1v) is 9.43. The number of urea groups is 1. The fourth-order valence-electron chi connectivity index (χ4n) is 3.31. The van der Waals surface area contributed by atoms with E-state index in [9.17, 15) is 4.79 Å². The highest BCUT2D eigenvalue weighted by Crippen LogP contribution is 2.30. The number of carbonyl (C=O) groups is 1. The van der Waals surface area contributed by atoms with Crippen molar-refractivity contribution in [1.82, 2.24) is 10.2 Å². The topological polar surface area (TPSA) is 44.8 Å². The number of halogens is 1. The van der Waals surface area contributed by atoms with E-state index in [4.69, 9.17) is 4.74 Å². The van der Waals surface area contributed by atoms with Gasteiger partial charge in [0.15, 0.2) is 0 Å². The average Bonchev–Trinajstić information content (AvgIpc) is 3.04. The van der Waals surface area contributed by atoms with Crippen molar-refractivity contribution in [3.63, 3.8) is 0 Å². The van der Waals surface area contributed by atoms with Crippen LogP contribution in [0.3, 0.4) is 0 Å². The van der Waals surface area contributed by atoms with Gasteiger partial charge >= 0.3 is 6.03 Å². The minimum atomic E-state index is -0.0548. The highest BCUT2D eigenvalue weighted by atomic mass is 79.9. The summed E-state index contributed by atoms with van der Waals surface area (Å²) in [6.07, 6.45) is 0.884. The van der Waals surface area contributed by atoms with E-state index in [0.717, 1.165) is 27.9 Å². The zero-order chi connectivity index (χ0) is 18.7. The summed E-state index contributed by atoms with van der Waals surface area (Å²) in [6.45, 7) is 1.24. The summed E-state index contributed by atoms with van der Waals surface area (Å²) in [5.74, 6) is 0.819. The molecule has 0 aromatic heterocycles. The maximum absolute atomic E-state index is 12.7. The van der Waals surface area contributed by atoms with E-state index in [0.29, 0.717) is 13.1 Å². The largest absolute Gasteiger partial charge is 0.497 e. The molecule has 1 aliphatic rings. The van der Waals surface area contributed by atoms with Gasteiger partial charge in [-0.25, -0.2) is 4.79 Å². The summed E-state index contributed by atoms with van der Waals surface area (Å²) in [7, 11) is 5.69. The number of ether oxygens (including phenoxy) is 1. The molecule has 0 aliphatic carbocycles. The molecule has 2 aromatic rings. The molecular weight excluding hydrogens is 394 g/mol. The fraction of sp³-hybridized carbons (Fsp3) is 0.350. The Bertz CT molecular complexity index is 794. The molecule has 0 radical (unpaired) electrons. The molecule has 6 heteroatoms. The Balaban J connectivity index is 1.69. The Labute approximate surface area is 163 Å². The van der Waals surface area contributed by atoms with Crippen molar-refractivity contribution in [2.75, 3.05) is 39.2 Å². The van der Waals surface area contributed by atoms with Crippen LogP contribution in [0.4, 0.5) is 10.5 Å². The van der Waals surface area contributed by atoms with Gasteiger partial charge in [-0.1, -0.05) is 28.1 Å². The van der Waals surface area contributed by atoms with Gasteiger partial charge in [-0.05, 0) is 62.0 Å². The van der Waals surface area contributed by atoms with Crippen LogP contribution >= 0.6 is 15.9 Å². The molecule has 2 amide bonds. The number of amides is 2. The van der Waals surface area contributed by atoms with Crippen LogP contribution in [-0.2, 0) is 6.42 Å². The molecule has 0 saturated heterocycles. The highest BCUT2D eigenvalue weighted by Gasteiger charge is 2.25. The predicted molar refractivity (Wildman–Crippen MR) is 108 cm³/mol. The third-order valence-electron chi connectivity index (χ3n) is 4.73. The van der Waals surface area contributed by atoms with Crippen LogP contribution < -0.4 is 15.0 Å². The number of methoxy groups -OCH3 is 1. The average molecular weight is 418 g/mol. The van der Waals surface area contributed by atoms with Crippen LogP contribution in [0.5, 0.6) is 5.75 Å². The Morgan fingerprint density at radius 2 is 2.12 bits per heavy atom. The van der Waals surface area contributed by atoms with E-state index in [1.165, 1.54) is 5.56 Å². The number of hydrogen-bond donors (Lipinski definition) is 1. The zero-order valence-corrected chi connectivity index (χ0v) is 16.9. The van der Waals surface area contributed by atoms with Gasteiger partial charge in [-0.2, -0.15) is 0 Å². The molecule has 1 heterocycles. The smallest absolute Gasteiger partial charge is 0.321 e. The van der Waals surface area contributed by atoms with Gasteiger partial charge in [0.25, 0.3) is 0 Å². The lowest BCUT2D eigenvalue weighted by atomic mass is 10.1. The second-order valence-corrected chi connectivity index (χ2v) is 7.53. The van der Waals surface area contributed by atoms with E-state index in [-0.39, 0.29) is 12.1 Å². The quantitative estimate of drug-likeness (QED) is 0.803. The zero-order valence-electron chi connectivity index (χ0n) is 15.3. The number of anilines is 1. The SMILES string of the molecule is COc1cccc(C(CNC(=O)N2CCc3cc(Br)ccc32)N(C)C)c1. The Morgan fingerprint density at radius 3 is 2.85 bits per heavy atom. The third kappa shape index (κ3) is 4.02. The first-order valence-electron chi connectivity index (χ1n) is 8.63. The van der Waals surface area contributed by atoms with E-state index in [2.05, 4.69) is 38.3 Å². The first-order chi connectivity index (χ1) is 12.5. The lowest BCUT2D eigenvalue weighted by molar-refractivity contribution is 0.238. The van der Waals surface area contributed by atoms with Gasteiger partial charge in [0.1, 0.15) is 5.75 Å². The summed E-state index contributed by atoms with van der Waals surface area (Å²) in [5, 5.41) is 3.09. The number of rotatable bonds is 5. The Morgan fingerprint density at radius 1 is 1.31 bits per heavy atom. The molecule has 5 nitrogen and oxygen atoms in total. The molecule has 0 saturated carbocycles. The third-order valence-corrected chi connectivity index (χ3v) is 5.22. The molecule has 0 bridgehead atoms. The number of likely N-dealkylation sites (N-methyl/N-ethyl adjacent to an activating group) is 1. The molecule has 26 heavy (non-hydrogen) atoms. The van der Waals surface area contributed by atoms with Crippen LogP contribution in [-0.4, -0.2) is 45.2 Å². The Kier molecular flexibility index (Phi) is 5.84. The van der Waals surface area contributed by atoms with Crippen molar-refractivity contribution in [2.45, 2.75) is 12.5 Å². The standard InChI is InChI=1S/C20H24BrN3O2/c1-23(2)19(14-5-4-6-17(12-14)26-3)13-22-20(25)24-10-9-15-11-16(21)7-8-18(15)24/h4-8,11-12,19H,9-10,13H2,1-3H3,(H,22,25). The minimum absolute atomic E-state index is 0.0548. The number of hydrogen-bond acceptors (Lipinski definition) is 3. The lowest BCUT2D eigenvalue weighted by Gasteiger charge is -2.27. The predicted octanol–water partition coefficient (Wildman–Crippen LogP) is 3.83. The van der Waals surface area contributed by atoms with Gasteiger partial charge in [0, 0.05) is 23.2 Å². The van der Waals surface area contributed by atoms with Crippen molar-refractivity contribution in [3.05, 3.63) is 58.1 Å². The number of fused-ring (bicyclic) bond motifs is 1. The number of benzene rings is 2. The molecule has 0 spiro atoms. The summed E-state index contributed by atoms with van der Waals surface area (Å²) in [5.41, 5.74) is 3.31. The number of nitrogens with one attached hydrogen (secondary N) is 1. The monoisotopic (exact) mass is 417 g/mol. The van der Waals surface area contributed by atoms with Gasteiger partial charge < -0.3 is 15.0 Å². The summed E-state index contributed by atoms with van der Waals surface area (Å²) >= 11 is 3.49. The van der Waals surface area contributed by atoms with E-state index in [1.54, 1.807) is 7.11 Å². The van der Waals surface area contributed by atoms with Crippen molar-refractivity contribution >= 4 is 27.6 Å². The molecule has 1 atom stereocenters. The van der Waals surface area contributed by atoms with Crippen molar-refractivity contribution in [3.8, 4) is 5.75 Å². The highest BCUT2D eigenvalue weighted by molar-refractivity contribution is 9.10. The van der Waals surface area contributed by atoms with Gasteiger partial charge in [-0.3, -0.25) is 4.90 Å². The molecule has 1 unspecified atom stereocenters. The number of nitrogens with zero attached hydrogens (tertiary/aromatic N) is 2. The second kappa shape index (κ2) is 8.10. The molecule has 3 rings (SSSR count). The van der Waals surface area contributed by atoms with Gasteiger partial charge in [0.05, 0.1) is 13.2 Å². The van der Waals surface area contributed by atoms with Crippen LogP contribution in [0.25, 0.3) is 0 Å². The van der Waals surface area contributed by atoms with Crippen LogP contribution in [0.2, 0.25) is 0 Å². The van der Waals surface area contributed by atoms with Gasteiger partial charge in [0.2, 0.25) is 0 Å². The fourth-order valence-corrected chi connectivity index (χ4v) is 3.72. The maximum Gasteiger partial charge on any atom is 0.321 e. The van der Waals surface area contributed by atoms with Gasteiger partial charge in [-0.15, -0.1) is 0 Å². The van der Waals surface area contributed by atoms with Crippen LogP contribution in [0.15, 0.2) is 46.9 Å². The van der Waals surface area contributed by atoms with E-state index >= 15 is 0 Å². The summed E-state index contributed by atoms with van der Waals surface area (Å²) in [4.78, 5) is 16.7. The van der Waals surface area contributed by atoms with Crippen LogP contribution in [0.1, 0.15) is 17.2 Å². The van der Waals surface area contributed by atoms with Crippen molar-refractivity contribution in [1.29, 1.82) is 0 Å². The summed E-state index contributed by atoms with van der Waals surface area (Å²) in [6, 6.07) is 14.0. The minimum Gasteiger partial charge on any atom is -0.497 e. The first kappa shape index (κ1) is 18.7. The maximum atomic E-state index is 12.7. The molecule has 0 fully saturated rings. The summed E-state index contributed by atoms with van der Waals surface area (Å²) < 4.78 is 6.37. The van der Waals surface area contributed by atoms with Crippen molar-refractivity contribution in [2.24, 2.45) is 0 Å². The second-order valence-electron chi connectivity index (χ2n) is 6.62. The Hall–Kier alpha value is -2.05. The molecule has 1 N–H and O–H groups in total.